The van der Waals surface area contributed by atoms with Crippen LogP contribution in [0, 0.1) is 12.7 Å². The molecule has 1 unspecified atom stereocenters. The first-order valence-electron chi connectivity index (χ1n) is 5.07. The summed E-state index contributed by atoms with van der Waals surface area (Å²) in [5.74, 6) is -1.36. The molecule has 4 heteroatoms. The van der Waals surface area contributed by atoms with Gasteiger partial charge in [0.25, 0.3) is 0 Å². The third-order valence-corrected chi connectivity index (χ3v) is 3.00. The SMILES string of the molecule is Cc1ccc(F)cc1C1CC(=O)N(C)C1=O. The van der Waals surface area contributed by atoms with Gasteiger partial charge in [-0.1, -0.05) is 6.07 Å². The van der Waals surface area contributed by atoms with Gasteiger partial charge in [-0.15, -0.1) is 0 Å². The summed E-state index contributed by atoms with van der Waals surface area (Å²) in [6.45, 7) is 1.81. The Hall–Kier alpha value is -1.71. The smallest absolute Gasteiger partial charge is 0.236 e. The Morgan fingerprint density at radius 3 is 2.62 bits per heavy atom. The van der Waals surface area contributed by atoms with E-state index in [4.69, 9.17) is 0 Å². The number of carbonyl (C=O) groups is 2. The van der Waals surface area contributed by atoms with Crippen molar-refractivity contribution in [3.05, 3.63) is 35.1 Å². The lowest BCUT2D eigenvalue weighted by molar-refractivity contribution is -0.137. The maximum absolute atomic E-state index is 13.1. The molecule has 1 atom stereocenters. The number of nitrogens with zero attached hydrogens (tertiary/aromatic N) is 1. The van der Waals surface area contributed by atoms with Crippen LogP contribution in [0.3, 0.4) is 0 Å². The summed E-state index contributed by atoms with van der Waals surface area (Å²) < 4.78 is 13.1. The van der Waals surface area contributed by atoms with Gasteiger partial charge in [0.2, 0.25) is 11.8 Å². The zero-order chi connectivity index (χ0) is 11.9. The van der Waals surface area contributed by atoms with Crippen LogP contribution in [-0.2, 0) is 9.59 Å². The van der Waals surface area contributed by atoms with E-state index in [1.165, 1.54) is 19.2 Å². The van der Waals surface area contributed by atoms with Crippen LogP contribution in [0.5, 0.6) is 0 Å². The molecule has 1 aliphatic heterocycles. The highest BCUT2D eigenvalue weighted by molar-refractivity contribution is 6.06. The number of likely N-dealkylation sites (tertiary alicyclic amines) is 1. The highest BCUT2D eigenvalue weighted by Crippen LogP contribution is 2.31. The van der Waals surface area contributed by atoms with Crippen LogP contribution < -0.4 is 0 Å². The molecule has 0 aliphatic carbocycles. The van der Waals surface area contributed by atoms with Crippen LogP contribution in [0.4, 0.5) is 4.39 Å². The van der Waals surface area contributed by atoms with Crippen LogP contribution in [0.25, 0.3) is 0 Å². The molecular weight excluding hydrogens is 209 g/mol. The van der Waals surface area contributed by atoms with Crippen molar-refractivity contribution in [2.24, 2.45) is 0 Å². The van der Waals surface area contributed by atoms with Gasteiger partial charge in [-0.25, -0.2) is 4.39 Å². The lowest BCUT2D eigenvalue weighted by Gasteiger charge is -2.11. The van der Waals surface area contributed by atoms with Gasteiger partial charge in [0, 0.05) is 13.5 Å². The van der Waals surface area contributed by atoms with E-state index in [0.717, 1.165) is 10.5 Å². The van der Waals surface area contributed by atoms with E-state index in [2.05, 4.69) is 0 Å². The van der Waals surface area contributed by atoms with Gasteiger partial charge in [0.15, 0.2) is 0 Å². The Morgan fingerprint density at radius 2 is 2.06 bits per heavy atom. The zero-order valence-corrected chi connectivity index (χ0v) is 9.16. The average molecular weight is 221 g/mol. The molecule has 16 heavy (non-hydrogen) atoms. The van der Waals surface area contributed by atoms with E-state index >= 15 is 0 Å². The molecule has 1 heterocycles. The molecule has 0 N–H and O–H groups in total. The zero-order valence-electron chi connectivity index (χ0n) is 9.16. The van der Waals surface area contributed by atoms with Gasteiger partial charge >= 0.3 is 0 Å². The number of likely N-dealkylation sites (N-methyl/N-ethyl adjacent to an activating group) is 1. The molecule has 0 radical (unpaired) electrons. The number of aryl methyl sites for hydroxylation is 1. The molecule has 1 aromatic rings. The molecule has 0 saturated carbocycles. The number of rotatable bonds is 1. The number of halogens is 1. The second kappa shape index (κ2) is 3.70. The maximum atomic E-state index is 13.1. The Kier molecular flexibility index (Phi) is 2.50. The summed E-state index contributed by atoms with van der Waals surface area (Å²) in [5.41, 5.74) is 1.45. The minimum absolute atomic E-state index is 0.139. The number of benzene rings is 1. The Balaban J connectivity index is 2.42. The number of hydrogen-bond acceptors (Lipinski definition) is 2. The van der Waals surface area contributed by atoms with Gasteiger partial charge in [0.1, 0.15) is 5.82 Å². The second-order valence-electron chi connectivity index (χ2n) is 4.05. The topological polar surface area (TPSA) is 37.4 Å². The lowest BCUT2D eigenvalue weighted by Crippen LogP contribution is -2.25. The van der Waals surface area contributed by atoms with Crippen molar-refractivity contribution >= 4 is 11.8 Å². The summed E-state index contributed by atoms with van der Waals surface area (Å²) in [7, 11) is 1.46. The molecule has 0 aromatic heterocycles. The normalized spacial score (nSPS) is 20.7. The molecule has 1 saturated heterocycles. The third-order valence-electron chi connectivity index (χ3n) is 3.00. The number of amides is 2. The molecule has 1 aromatic carbocycles. The van der Waals surface area contributed by atoms with Crippen molar-refractivity contribution in [2.45, 2.75) is 19.3 Å². The van der Waals surface area contributed by atoms with Gasteiger partial charge in [-0.2, -0.15) is 0 Å². The maximum Gasteiger partial charge on any atom is 0.236 e. The fourth-order valence-corrected chi connectivity index (χ4v) is 1.99. The van der Waals surface area contributed by atoms with E-state index in [0.29, 0.717) is 5.56 Å². The number of imide groups is 1. The molecule has 84 valence electrons. The van der Waals surface area contributed by atoms with E-state index in [9.17, 15) is 14.0 Å². The minimum atomic E-state index is -0.520. The Bertz CT molecular complexity index is 470. The quantitative estimate of drug-likeness (QED) is 0.675. The summed E-state index contributed by atoms with van der Waals surface area (Å²) >= 11 is 0. The van der Waals surface area contributed by atoms with Gasteiger partial charge in [-0.3, -0.25) is 14.5 Å². The van der Waals surface area contributed by atoms with Crippen molar-refractivity contribution in [2.75, 3.05) is 7.05 Å². The van der Waals surface area contributed by atoms with Gasteiger partial charge < -0.3 is 0 Å². The fourth-order valence-electron chi connectivity index (χ4n) is 1.99. The minimum Gasteiger partial charge on any atom is -0.285 e. The van der Waals surface area contributed by atoms with Crippen molar-refractivity contribution in [1.29, 1.82) is 0 Å². The average Bonchev–Trinajstić information content (AvgIpc) is 2.50. The Labute approximate surface area is 92.9 Å². The predicted octanol–water partition coefficient (Wildman–Crippen LogP) is 1.61. The molecule has 1 aliphatic rings. The van der Waals surface area contributed by atoms with Crippen molar-refractivity contribution < 1.29 is 14.0 Å². The molecule has 2 amide bonds. The molecule has 0 bridgehead atoms. The van der Waals surface area contributed by atoms with Crippen LogP contribution >= 0.6 is 0 Å². The first-order valence-corrected chi connectivity index (χ1v) is 5.07. The van der Waals surface area contributed by atoms with Crippen LogP contribution in [0.2, 0.25) is 0 Å². The van der Waals surface area contributed by atoms with Gasteiger partial charge in [-0.05, 0) is 30.2 Å². The third kappa shape index (κ3) is 1.60. The number of hydrogen-bond donors (Lipinski definition) is 0. The fraction of sp³-hybridized carbons (Fsp3) is 0.333. The largest absolute Gasteiger partial charge is 0.285 e. The van der Waals surface area contributed by atoms with Crippen molar-refractivity contribution in [1.82, 2.24) is 4.90 Å². The summed E-state index contributed by atoms with van der Waals surface area (Å²) in [4.78, 5) is 24.2. The van der Waals surface area contributed by atoms with E-state index in [-0.39, 0.29) is 24.1 Å². The van der Waals surface area contributed by atoms with Gasteiger partial charge in [0.05, 0.1) is 5.92 Å². The summed E-state index contributed by atoms with van der Waals surface area (Å²) in [6.07, 6.45) is 0.139. The van der Waals surface area contributed by atoms with Crippen LogP contribution in [-0.4, -0.2) is 23.8 Å². The Morgan fingerprint density at radius 1 is 1.38 bits per heavy atom. The molecular formula is C12H12FNO2. The molecule has 1 fully saturated rings. The van der Waals surface area contributed by atoms with E-state index < -0.39 is 5.92 Å². The first kappa shape index (κ1) is 10.8. The van der Waals surface area contributed by atoms with E-state index in [1.807, 2.05) is 6.92 Å². The summed E-state index contributed by atoms with van der Waals surface area (Å²) in [6, 6.07) is 4.31. The number of carbonyl (C=O) groups excluding carboxylic acids is 2. The van der Waals surface area contributed by atoms with Crippen molar-refractivity contribution in [3.63, 3.8) is 0 Å². The first-order chi connectivity index (χ1) is 7.50. The van der Waals surface area contributed by atoms with Crippen molar-refractivity contribution in [3.8, 4) is 0 Å². The highest BCUT2D eigenvalue weighted by Gasteiger charge is 2.37. The molecule has 0 spiro atoms. The second-order valence-corrected chi connectivity index (χ2v) is 4.05. The van der Waals surface area contributed by atoms with Crippen LogP contribution in [0.1, 0.15) is 23.5 Å². The highest BCUT2D eigenvalue weighted by atomic mass is 19.1. The standard InChI is InChI=1S/C12H12FNO2/c1-7-3-4-8(13)5-9(7)10-6-11(15)14(2)12(10)16/h3-5,10H,6H2,1-2H3. The lowest BCUT2D eigenvalue weighted by atomic mass is 9.93. The molecule has 2 rings (SSSR count). The molecule has 3 nitrogen and oxygen atoms in total. The summed E-state index contributed by atoms with van der Waals surface area (Å²) in [5, 5.41) is 0. The van der Waals surface area contributed by atoms with Crippen LogP contribution in [0.15, 0.2) is 18.2 Å². The predicted molar refractivity (Wildman–Crippen MR) is 56.3 cm³/mol. The van der Waals surface area contributed by atoms with E-state index in [1.54, 1.807) is 6.07 Å². The monoisotopic (exact) mass is 221 g/mol.